The van der Waals surface area contributed by atoms with E-state index in [0.29, 0.717) is 36.7 Å². The third-order valence-electron chi connectivity index (χ3n) is 5.69. The third kappa shape index (κ3) is 5.81. The highest BCUT2D eigenvalue weighted by molar-refractivity contribution is 5.94. The lowest BCUT2D eigenvalue weighted by Gasteiger charge is -2.33. The molecule has 2 amide bonds. The van der Waals surface area contributed by atoms with Gasteiger partial charge >= 0.3 is 5.97 Å². The standard InChI is InChI=1S/C22H30N2O4/c1-16(25)28-20-9-5-8-18(15-20)22(27)24-12-10-19(11-13-24)23-21(26)14-17-6-3-2-4-7-17/h5,8-9,15,17,19H,2-4,6-7,10-14H2,1H3,(H,23,26). The van der Waals surface area contributed by atoms with E-state index < -0.39 is 5.97 Å². The maximum atomic E-state index is 12.7. The second kappa shape index (κ2) is 9.71. The lowest BCUT2D eigenvalue weighted by Crippen LogP contribution is -2.46. The first-order valence-corrected chi connectivity index (χ1v) is 10.4. The van der Waals surface area contributed by atoms with E-state index >= 15 is 0 Å². The van der Waals surface area contributed by atoms with Crippen molar-refractivity contribution in [1.29, 1.82) is 0 Å². The highest BCUT2D eigenvalue weighted by Gasteiger charge is 2.26. The van der Waals surface area contributed by atoms with E-state index in [1.807, 2.05) is 0 Å². The van der Waals surface area contributed by atoms with Crippen LogP contribution in [0.2, 0.25) is 0 Å². The first kappa shape index (κ1) is 20.4. The minimum Gasteiger partial charge on any atom is -0.427 e. The number of nitrogens with zero attached hydrogens (tertiary/aromatic N) is 1. The van der Waals surface area contributed by atoms with Crippen molar-refractivity contribution in [3.63, 3.8) is 0 Å². The lowest BCUT2D eigenvalue weighted by molar-refractivity contribution is -0.132. The minimum atomic E-state index is -0.408. The van der Waals surface area contributed by atoms with Crippen LogP contribution in [0.5, 0.6) is 5.75 Å². The number of ether oxygens (including phenoxy) is 1. The molecule has 1 saturated carbocycles. The summed E-state index contributed by atoms with van der Waals surface area (Å²) in [6.07, 6.45) is 8.32. The number of nitrogens with one attached hydrogen (secondary N) is 1. The summed E-state index contributed by atoms with van der Waals surface area (Å²) in [5.74, 6) is 0.601. The first-order chi connectivity index (χ1) is 13.5. The Kier molecular flexibility index (Phi) is 7.06. The van der Waals surface area contributed by atoms with Crippen molar-refractivity contribution in [2.24, 2.45) is 5.92 Å². The summed E-state index contributed by atoms with van der Waals surface area (Å²) in [7, 11) is 0. The molecule has 1 heterocycles. The second-order valence-corrected chi connectivity index (χ2v) is 7.96. The van der Waals surface area contributed by atoms with Crippen LogP contribution < -0.4 is 10.1 Å². The molecule has 2 fully saturated rings. The maximum Gasteiger partial charge on any atom is 0.308 e. The minimum absolute atomic E-state index is 0.0685. The summed E-state index contributed by atoms with van der Waals surface area (Å²) >= 11 is 0. The van der Waals surface area contributed by atoms with E-state index in [0.717, 1.165) is 12.8 Å². The van der Waals surface area contributed by atoms with Crippen molar-refractivity contribution in [2.45, 2.75) is 64.3 Å². The predicted molar refractivity (Wildman–Crippen MR) is 106 cm³/mol. The maximum absolute atomic E-state index is 12.7. The molecule has 0 atom stereocenters. The van der Waals surface area contributed by atoms with Gasteiger partial charge in [-0.2, -0.15) is 0 Å². The van der Waals surface area contributed by atoms with E-state index in [4.69, 9.17) is 4.74 Å². The molecule has 0 radical (unpaired) electrons. The number of hydrogen-bond donors (Lipinski definition) is 1. The average molecular weight is 386 g/mol. The number of rotatable bonds is 5. The number of amides is 2. The van der Waals surface area contributed by atoms with Crippen molar-refractivity contribution in [1.82, 2.24) is 10.2 Å². The number of likely N-dealkylation sites (tertiary alicyclic amines) is 1. The molecule has 0 aromatic heterocycles. The number of carbonyl (C=O) groups is 3. The van der Waals surface area contributed by atoms with Crippen molar-refractivity contribution in [3.8, 4) is 5.75 Å². The van der Waals surface area contributed by atoms with Crippen molar-refractivity contribution >= 4 is 17.8 Å². The lowest BCUT2D eigenvalue weighted by atomic mass is 9.86. The summed E-state index contributed by atoms with van der Waals surface area (Å²) in [5, 5.41) is 3.16. The number of esters is 1. The van der Waals surface area contributed by atoms with E-state index in [-0.39, 0.29) is 17.9 Å². The number of hydrogen-bond acceptors (Lipinski definition) is 4. The van der Waals surface area contributed by atoms with Crippen LogP contribution in [0.3, 0.4) is 0 Å². The summed E-state index contributed by atoms with van der Waals surface area (Å²) in [6.45, 7) is 2.57. The molecule has 1 aliphatic carbocycles. The second-order valence-electron chi connectivity index (χ2n) is 7.96. The van der Waals surface area contributed by atoms with Crippen LogP contribution in [-0.2, 0) is 9.59 Å². The van der Waals surface area contributed by atoms with Crippen molar-refractivity contribution in [3.05, 3.63) is 29.8 Å². The Bertz CT molecular complexity index is 704. The highest BCUT2D eigenvalue weighted by atomic mass is 16.5. The van der Waals surface area contributed by atoms with Gasteiger partial charge in [-0.1, -0.05) is 25.3 Å². The largest absolute Gasteiger partial charge is 0.427 e. The van der Waals surface area contributed by atoms with Gasteiger partial charge in [-0.3, -0.25) is 14.4 Å². The van der Waals surface area contributed by atoms with Gasteiger partial charge in [0.05, 0.1) is 0 Å². The summed E-state index contributed by atoms with van der Waals surface area (Å²) in [5.41, 5.74) is 0.513. The van der Waals surface area contributed by atoms with Gasteiger partial charge in [-0.25, -0.2) is 0 Å². The molecule has 1 aliphatic heterocycles. The molecular formula is C22H30N2O4. The molecule has 152 valence electrons. The van der Waals surface area contributed by atoms with Crippen LogP contribution in [0.15, 0.2) is 24.3 Å². The fraction of sp³-hybridized carbons (Fsp3) is 0.591. The molecule has 0 bridgehead atoms. The topological polar surface area (TPSA) is 75.7 Å². The van der Waals surface area contributed by atoms with Gasteiger partial charge in [0.1, 0.15) is 5.75 Å². The van der Waals surface area contributed by atoms with Gasteiger partial charge in [0.2, 0.25) is 5.91 Å². The fourth-order valence-corrected chi connectivity index (χ4v) is 4.21. The van der Waals surface area contributed by atoms with Gasteiger partial charge < -0.3 is 15.0 Å². The first-order valence-electron chi connectivity index (χ1n) is 10.4. The van der Waals surface area contributed by atoms with Crippen LogP contribution in [0, 0.1) is 5.92 Å². The number of benzene rings is 1. The number of carbonyl (C=O) groups excluding carboxylic acids is 3. The molecule has 3 rings (SSSR count). The zero-order chi connectivity index (χ0) is 19.9. The molecule has 1 aromatic rings. The summed E-state index contributed by atoms with van der Waals surface area (Å²) in [6, 6.07) is 6.85. The summed E-state index contributed by atoms with van der Waals surface area (Å²) in [4.78, 5) is 37.9. The van der Waals surface area contributed by atoms with Crippen LogP contribution in [-0.4, -0.2) is 41.8 Å². The molecule has 1 saturated heterocycles. The molecular weight excluding hydrogens is 356 g/mol. The molecule has 1 aromatic carbocycles. The van der Waals surface area contributed by atoms with E-state index in [1.165, 1.54) is 39.0 Å². The Labute approximate surface area is 166 Å². The Morgan fingerprint density at radius 1 is 1.07 bits per heavy atom. The Morgan fingerprint density at radius 3 is 2.46 bits per heavy atom. The van der Waals surface area contributed by atoms with Gasteiger partial charge in [-0.15, -0.1) is 0 Å². The van der Waals surface area contributed by atoms with Gasteiger partial charge in [0.15, 0.2) is 0 Å². The van der Waals surface area contributed by atoms with Crippen molar-refractivity contribution in [2.75, 3.05) is 13.1 Å². The molecule has 2 aliphatic rings. The van der Waals surface area contributed by atoms with Gasteiger partial charge in [0, 0.05) is 38.0 Å². The van der Waals surface area contributed by atoms with Gasteiger partial charge in [0.25, 0.3) is 5.91 Å². The molecule has 28 heavy (non-hydrogen) atoms. The van der Waals surface area contributed by atoms with E-state index in [2.05, 4.69) is 5.32 Å². The van der Waals surface area contributed by atoms with Crippen molar-refractivity contribution < 1.29 is 19.1 Å². The average Bonchev–Trinajstić information content (AvgIpc) is 2.68. The molecule has 6 nitrogen and oxygen atoms in total. The zero-order valence-electron chi connectivity index (χ0n) is 16.6. The Morgan fingerprint density at radius 2 is 1.79 bits per heavy atom. The Hall–Kier alpha value is -2.37. The van der Waals surface area contributed by atoms with Crippen LogP contribution in [0.4, 0.5) is 0 Å². The third-order valence-corrected chi connectivity index (χ3v) is 5.69. The van der Waals surface area contributed by atoms with Gasteiger partial charge in [-0.05, 0) is 49.8 Å². The highest BCUT2D eigenvalue weighted by Crippen LogP contribution is 2.26. The normalized spacial score (nSPS) is 18.5. The quantitative estimate of drug-likeness (QED) is 0.622. The van der Waals surface area contributed by atoms with E-state index in [1.54, 1.807) is 29.2 Å². The van der Waals surface area contributed by atoms with Crippen LogP contribution in [0.1, 0.15) is 68.6 Å². The van der Waals surface area contributed by atoms with E-state index in [9.17, 15) is 14.4 Å². The van der Waals surface area contributed by atoms with Crippen LogP contribution >= 0.6 is 0 Å². The molecule has 0 spiro atoms. The Balaban J connectivity index is 1.46. The monoisotopic (exact) mass is 386 g/mol. The molecule has 6 heteroatoms. The molecule has 1 N–H and O–H groups in total. The molecule has 0 unspecified atom stereocenters. The van der Waals surface area contributed by atoms with Crippen LogP contribution in [0.25, 0.3) is 0 Å². The smallest absolute Gasteiger partial charge is 0.308 e. The number of piperidine rings is 1. The summed E-state index contributed by atoms with van der Waals surface area (Å²) < 4.78 is 5.06. The zero-order valence-corrected chi connectivity index (χ0v) is 16.6. The SMILES string of the molecule is CC(=O)Oc1cccc(C(=O)N2CCC(NC(=O)CC3CCCCC3)CC2)c1. The predicted octanol–water partition coefficient (Wildman–Crippen LogP) is 3.30. The fourth-order valence-electron chi connectivity index (χ4n) is 4.21.